The zero-order chi connectivity index (χ0) is 40.0. The molecule has 6 rings (SSSR count). The van der Waals surface area contributed by atoms with E-state index in [0.29, 0.717) is 11.1 Å². The van der Waals surface area contributed by atoms with Crippen LogP contribution in [0.5, 0.6) is 5.75 Å². The Hall–Kier alpha value is -6.63. The molecule has 1 aromatic heterocycles. The van der Waals surface area contributed by atoms with Gasteiger partial charge in [0.05, 0.1) is 6.42 Å². The monoisotopic (exact) mass is 760 g/mol. The van der Waals surface area contributed by atoms with E-state index in [1.54, 1.807) is 39.1 Å². The van der Waals surface area contributed by atoms with Crippen LogP contribution in [0.15, 0.2) is 103 Å². The summed E-state index contributed by atoms with van der Waals surface area (Å²) in [4.78, 5) is 69.8. The minimum absolute atomic E-state index is 0.00437. The lowest BCUT2D eigenvalue weighted by Gasteiger charge is -2.27. The zero-order valence-corrected chi connectivity index (χ0v) is 31.2. The number of hydrogen-bond acceptors (Lipinski definition) is 8. The number of fused-ring (bicyclic) bond motifs is 4. The number of aromatic nitrogens is 1. The van der Waals surface area contributed by atoms with Crippen molar-refractivity contribution in [3.05, 3.63) is 126 Å². The van der Waals surface area contributed by atoms with Crippen molar-refractivity contribution in [3.8, 4) is 16.9 Å². The summed E-state index contributed by atoms with van der Waals surface area (Å²) in [6, 6.07) is 24.9. The number of ether oxygens (including phenoxy) is 2. The molecular formula is C43H44N4O9. The number of carboxylic acids is 1. The molecule has 5 aromatic rings. The van der Waals surface area contributed by atoms with Crippen molar-refractivity contribution in [1.29, 1.82) is 0 Å². The van der Waals surface area contributed by atoms with Gasteiger partial charge in [-0.2, -0.15) is 0 Å². The van der Waals surface area contributed by atoms with Gasteiger partial charge < -0.3 is 40.6 Å². The molecule has 0 unspecified atom stereocenters. The van der Waals surface area contributed by atoms with Gasteiger partial charge in [-0.1, -0.05) is 78.9 Å². The first kappa shape index (κ1) is 39.1. The smallest absolute Gasteiger partial charge is 0.407 e. The second-order valence-electron chi connectivity index (χ2n) is 14.7. The van der Waals surface area contributed by atoms with E-state index < -0.39 is 60.0 Å². The number of hydrogen-bond donors (Lipinski definition) is 6. The van der Waals surface area contributed by atoms with E-state index in [-0.39, 0.29) is 31.1 Å². The molecule has 3 amide bonds. The highest BCUT2D eigenvalue weighted by atomic mass is 16.6. The number of alkyl carbamates (subject to hydrolysis) is 1. The molecule has 0 radical (unpaired) electrons. The first-order valence-electron chi connectivity index (χ1n) is 18.3. The summed E-state index contributed by atoms with van der Waals surface area (Å²) in [6.45, 7) is 4.97. The molecule has 290 valence electrons. The molecule has 1 aliphatic carbocycles. The number of para-hydroxylation sites is 1. The number of carbonyl (C=O) groups excluding carboxylic acids is 4. The van der Waals surface area contributed by atoms with Crippen molar-refractivity contribution >= 4 is 40.7 Å². The molecule has 1 heterocycles. The van der Waals surface area contributed by atoms with Crippen LogP contribution >= 0.6 is 0 Å². The number of phenolic OH excluding ortho intramolecular Hbond substituents is 1. The van der Waals surface area contributed by atoms with E-state index in [0.717, 1.165) is 33.2 Å². The molecule has 0 saturated heterocycles. The van der Waals surface area contributed by atoms with Crippen molar-refractivity contribution in [2.45, 2.75) is 69.7 Å². The molecule has 0 fully saturated rings. The first-order chi connectivity index (χ1) is 26.8. The Morgan fingerprint density at radius 1 is 0.732 bits per heavy atom. The number of H-pyrrole nitrogens is 1. The standard InChI is InChI=1S/C43H44N4O9/c1-43(2,3)56-41(53)37(20-25-16-18-27(48)19-17-25)46-40(52)36(22-38(49)50)45-39(51)35(21-26-23-44-34-15-9-8-10-28(26)34)47-42(54)55-24-33-31-13-6-4-11-29(31)30-12-5-7-14-32(30)33/h4-19,23,33,35-37,44,48H,20-22,24H2,1-3H3,(H,45,51)(H,46,52)(H,47,54)(H,49,50)/t35-,36-,37-/m0/s1. The van der Waals surface area contributed by atoms with Crippen LogP contribution in [0.2, 0.25) is 0 Å². The van der Waals surface area contributed by atoms with E-state index in [1.165, 1.54) is 12.1 Å². The minimum Gasteiger partial charge on any atom is -0.508 e. The second-order valence-corrected chi connectivity index (χ2v) is 14.7. The summed E-state index contributed by atoms with van der Waals surface area (Å²) < 4.78 is 11.3. The highest BCUT2D eigenvalue weighted by Gasteiger charge is 2.34. The average molecular weight is 761 g/mol. The fourth-order valence-corrected chi connectivity index (χ4v) is 6.87. The van der Waals surface area contributed by atoms with E-state index in [4.69, 9.17) is 9.47 Å². The van der Waals surface area contributed by atoms with Crippen molar-refractivity contribution < 1.29 is 43.7 Å². The maximum Gasteiger partial charge on any atom is 0.407 e. The molecule has 13 heteroatoms. The summed E-state index contributed by atoms with van der Waals surface area (Å²) in [5.41, 5.74) is 5.25. The molecule has 0 spiro atoms. The quantitative estimate of drug-likeness (QED) is 0.0809. The van der Waals surface area contributed by atoms with Gasteiger partial charge in [0.15, 0.2) is 0 Å². The maximum absolute atomic E-state index is 14.1. The average Bonchev–Trinajstić information content (AvgIpc) is 3.71. The van der Waals surface area contributed by atoms with Crippen LogP contribution < -0.4 is 16.0 Å². The predicted molar refractivity (Wildman–Crippen MR) is 208 cm³/mol. The molecule has 3 atom stereocenters. The fraction of sp³-hybridized carbons (Fsp3) is 0.279. The third kappa shape index (κ3) is 9.53. The molecule has 0 saturated carbocycles. The normalized spacial score (nSPS) is 13.8. The zero-order valence-electron chi connectivity index (χ0n) is 31.2. The highest BCUT2D eigenvalue weighted by molar-refractivity contribution is 5.95. The number of nitrogens with one attached hydrogen (secondary N) is 4. The van der Waals surface area contributed by atoms with Crippen LogP contribution in [-0.2, 0) is 41.5 Å². The number of carbonyl (C=O) groups is 5. The molecule has 4 aromatic carbocycles. The SMILES string of the molecule is CC(C)(C)OC(=O)[C@H](Cc1ccc(O)cc1)NC(=O)[C@H](CC(=O)O)NC(=O)[C@H](Cc1c[nH]c2ccccc12)NC(=O)OCC1c2ccccc2-c2ccccc21. The van der Waals surface area contributed by atoms with Crippen LogP contribution in [0.25, 0.3) is 22.0 Å². The van der Waals surface area contributed by atoms with Gasteiger partial charge in [-0.05, 0) is 72.4 Å². The van der Waals surface area contributed by atoms with Crippen molar-refractivity contribution in [3.63, 3.8) is 0 Å². The van der Waals surface area contributed by atoms with Crippen LogP contribution in [0.4, 0.5) is 4.79 Å². The summed E-state index contributed by atoms with van der Waals surface area (Å²) in [6.07, 6.45) is -0.0994. The van der Waals surface area contributed by atoms with E-state index >= 15 is 0 Å². The summed E-state index contributed by atoms with van der Waals surface area (Å²) in [7, 11) is 0. The second kappa shape index (κ2) is 16.8. The number of amides is 3. The van der Waals surface area contributed by atoms with Crippen LogP contribution in [0.3, 0.4) is 0 Å². The van der Waals surface area contributed by atoms with Gasteiger partial charge in [0.25, 0.3) is 0 Å². The van der Waals surface area contributed by atoms with Crippen molar-refractivity contribution in [2.24, 2.45) is 0 Å². The Morgan fingerprint density at radius 2 is 1.32 bits per heavy atom. The number of phenols is 1. The largest absolute Gasteiger partial charge is 0.508 e. The summed E-state index contributed by atoms with van der Waals surface area (Å²) in [5, 5.41) is 28.0. The van der Waals surface area contributed by atoms with E-state index in [1.807, 2.05) is 72.8 Å². The number of aromatic amines is 1. The number of benzene rings is 4. The third-order valence-electron chi connectivity index (χ3n) is 9.45. The van der Waals surface area contributed by atoms with Crippen molar-refractivity contribution in [2.75, 3.05) is 6.61 Å². The van der Waals surface area contributed by atoms with E-state index in [9.17, 15) is 34.2 Å². The van der Waals surface area contributed by atoms with E-state index in [2.05, 4.69) is 20.9 Å². The van der Waals surface area contributed by atoms with Crippen LogP contribution in [0, 0.1) is 0 Å². The van der Waals surface area contributed by atoms with Gasteiger partial charge >= 0.3 is 18.0 Å². The van der Waals surface area contributed by atoms with Gasteiger partial charge in [-0.25, -0.2) is 9.59 Å². The predicted octanol–water partition coefficient (Wildman–Crippen LogP) is 5.35. The topological polar surface area (TPSA) is 196 Å². The molecule has 1 aliphatic rings. The van der Waals surface area contributed by atoms with Gasteiger partial charge in [-0.3, -0.25) is 14.4 Å². The lowest BCUT2D eigenvalue weighted by Crippen LogP contribution is -2.57. The number of aliphatic carboxylic acids is 1. The Bertz CT molecular complexity index is 2200. The molecule has 56 heavy (non-hydrogen) atoms. The molecule has 13 nitrogen and oxygen atoms in total. The number of aromatic hydroxyl groups is 1. The first-order valence-corrected chi connectivity index (χ1v) is 18.3. The molecule has 6 N–H and O–H groups in total. The van der Waals surface area contributed by atoms with Crippen LogP contribution in [0.1, 0.15) is 55.4 Å². The van der Waals surface area contributed by atoms with Crippen LogP contribution in [-0.4, -0.2) is 75.4 Å². The van der Waals surface area contributed by atoms with Gasteiger partial charge in [0.1, 0.15) is 36.1 Å². The minimum atomic E-state index is -1.65. The summed E-state index contributed by atoms with van der Waals surface area (Å²) in [5.74, 6) is -4.22. The van der Waals surface area contributed by atoms with Gasteiger partial charge in [0.2, 0.25) is 11.8 Å². The maximum atomic E-state index is 14.1. The Morgan fingerprint density at radius 3 is 1.96 bits per heavy atom. The Balaban J connectivity index is 1.21. The lowest BCUT2D eigenvalue weighted by atomic mass is 9.98. The van der Waals surface area contributed by atoms with Crippen molar-refractivity contribution in [1.82, 2.24) is 20.9 Å². The Labute approximate surface area is 323 Å². The fourth-order valence-electron chi connectivity index (χ4n) is 6.87. The molecule has 0 bridgehead atoms. The molecule has 0 aliphatic heterocycles. The van der Waals surface area contributed by atoms with Gasteiger partial charge in [0, 0.05) is 35.9 Å². The highest BCUT2D eigenvalue weighted by Crippen LogP contribution is 2.44. The third-order valence-corrected chi connectivity index (χ3v) is 9.45. The molecular weight excluding hydrogens is 716 g/mol. The number of esters is 1. The summed E-state index contributed by atoms with van der Waals surface area (Å²) >= 11 is 0. The number of carboxylic acid groups (broad SMARTS) is 1. The Kier molecular flexibility index (Phi) is 11.7. The lowest BCUT2D eigenvalue weighted by molar-refractivity contribution is -0.158. The van der Waals surface area contributed by atoms with Gasteiger partial charge in [-0.15, -0.1) is 0 Å². The number of rotatable bonds is 14.